The average Bonchev–Trinajstić information content (AvgIpc) is 2.75. The van der Waals surface area contributed by atoms with Crippen LogP contribution < -0.4 is 0 Å². The maximum Gasteiger partial charge on any atom is 0.0721 e. The van der Waals surface area contributed by atoms with Crippen molar-refractivity contribution >= 4 is 0 Å². The van der Waals surface area contributed by atoms with Gasteiger partial charge in [-0.05, 0) is 72.6 Å². The topological polar surface area (TPSA) is 9.23 Å². The van der Waals surface area contributed by atoms with Crippen LogP contribution in [0.25, 0.3) is 11.1 Å². The molecular formula is C27H34O. The van der Waals surface area contributed by atoms with Gasteiger partial charge in [0.25, 0.3) is 0 Å². The lowest BCUT2D eigenvalue weighted by Gasteiger charge is -2.28. The molecule has 0 heterocycles. The van der Waals surface area contributed by atoms with E-state index >= 15 is 0 Å². The Morgan fingerprint density at radius 3 is 2.14 bits per heavy atom. The van der Waals surface area contributed by atoms with Crippen molar-refractivity contribution in [2.24, 2.45) is 5.92 Å². The third-order valence-corrected chi connectivity index (χ3v) is 5.89. The fourth-order valence-corrected chi connectivity index (χ4v) is 4.19. The van der Waals surface area contributed by atoms with E-state index in [1.54, 1.807) is 6.08 Å². The summed E-state index contributed by atoms with van der Waals surface area (Å²) in [6.07, 6.45) is 14.3. The van der Waals surface area contributed by atoms with Crippen LogP contribution in [0.5, 0.6) is 0 Å². The van der Waals surface area contributed by atoms with Crippen LogP contribution in [0.3, 0.4) is 0 Å². The van der Waals surface area contributed by atoms with Crippen LogP contribution in [-0.2, 0) is 11.3 Å². The highest BCUT2D eigenvalue weighted by molar-refractivity contribution is 5.64. The first-order valence-electron chi connectivity index (χ1n) is 10.8. The fourth-order valence-electron chi connectivity index (χ4n) is 4.19. The molecule has 0 radical (unpaired) electrons. The third-order valence-electron chi connectivity index (χ3n) is 5.89. The van der Waals surface area contributed by atoms with Crippen LogP contribution in [0.15, 0.2) is 73.3 Å². The molecular weight excluding hydrogens is 340 g/mol. The van der Waals surface area contributed by atoms with Crippen molar-refractivity contribution in [2.45, 2.75) is 58.0 Å². The zero-order chi connectivity index (χ0) is 19.6. The minimum atomic E-state index is 0.598. The maximum absolute atomic E-state index is 5.51. The van der Waals surface area contributed by atoms with Crippen LogP contribution in [0, 0.1) is 5.92 Å². The van der Waals surface area contributed by atoms with Crippen LogP contribution in [-0.4, -0.2) is 6.61 Å². The number of rotatable bonds is 9. The fraction of sp³-hybridized carbons (Fsp3) is 0.407. The Bertz CT molecular complexity index is 731. The minimum absolute atomic E-state index is 0.598. The Balaban J connectivity index is 1.54. The van der Waals surface area contributed by atoms with E-state index in [2.05, 4.69) is 74.2 Å². The molecule has 1 saturated carbocycles. The molecule has 1 fully saturated rings. The van der Waals surface area contributed by atoms with Crippen LogP contribution >= 0.6 is 0 Å². The van der Waals surface area contributed by atoms with E-state index in [-0.39, 0.29) is 0 Å². The first-order valence-corrected chi connectivity index (χ1v) is 10.8. The minimum Gasteiger partial charge on any atom is -0.373 e. The zero-order valence-corrected chi connectivity index (χ0v) is 17.3. The Kier molecular flexibility index (Phi) is 8.11. The molecule has 0 amide bonds. The zero-order valence-electron chi connectivity index (χ0n) is 17.3. The summed E-state index contributed by atoms with van der Waals surface area (Å²) >= 11 is 0. The first kappa shape index (κ1) is 20.6. The number of hydrogen-bond donors (Lipinski definition) is 0. The van der Waals surface area contributed by atoms with E-state index in [1.807, 2.05) is 0 Å². The van der Waals surface area contributed by atoms with Crippen LogP contribution in [0.2, 0.25) is 0 Å². The monoisotopic (exact) mass is 374 g/mol. The SMILES string of the molecule is C=CCOCc1ccc(-c2ccc([C@H]3CC[C@H](C/C=C/CC)CC3)cc2)cc1. The molecule has 2 aromatic carbocycles. The molecule has 1 nitrogen and oxygen atoms in total. The molecule has 0 saturated heterocycles. The highest BCUT2D eigenvalue weighted by Gasteiger charge is 2.21. The molecule has 28 heavy (non-hydrogen) atoms. The largest absolute Gasteiger partial charge is 0.373 e. The van der Waals surface area contributed by atoms with Crippen molar-refractivity contribution in [1.82, 2.24) is 0 Å². The molecule has 1 aliphatic carbocycles. The van der Waals surface area contributed by atoms with Crippen molar-refractivity contribution in [3.8, 4) is 11.1 Å². The van der Waals surface area contributed by atoms with E-state index in [0.29, 0.717) is 13.2 Å². The van der Waals surface area contributed by atoms with Gasteiger partial charge in [0, 0.05) is 0 Å². The lowest BCUT2D eigenvalue weighted by atomic mass is 9.77. The Morgan fingerprint density at radius 2 is 1.54 bits per heavy atom. The molecule has 148 valence electrons. The second kappa shape index (κ2) is 11.0. The summed E-state index contributed by atoms with van der Waals surface area (Å²) in [7, 11) is 0. The lowest BCUT2D eigenvalue weighted by Crippen LogP contribution is -2.12. The summed E-state index contributed by atoms with van der Waals surface area (Å²) in [5.74, 6) is 1.64. The Hall–Kier alpha value is -2.12. The van der Waals surface area contributed by atoms with Gasteiger partial charge in [0.2, 0.25) is 0 Å². The van der Waals surface area contributed by atoms with Crippen LogP contribution in [0.1, 0.15) is 62.5 Å². The van der Waals surface area contributed by atoms with Gasteiger partial charge < -0.3 is 4.74 Å². The van der Waals surface area contributed by atoms with Crippen molar-refractivity contribution in [3.63, 3.8) is 0 Å². The Morgan fingerprint density at radius 1 is 0.893 bits per heavy atom. The van der Waals surface area contributed by atoms with Gasteiger partial charge in [-0.25, -0.2) is 0 Å². The van der Waals surface area contributed by atoms with Gasteiger partial charge in [0.1, 0.15) is 0 Å². The van der Waals surface area contributed by atoms with Gasteiger partial charge in [0.05, 0.1) is 13.2 Å². The number of hydrogen-bond acceptors (Lipinski definition) is 1. The molecule has 0 N–H and O–H groups in total. The predicted molar refractivity (Wildman–Crippen MR) is 120 cm³/mol. The van der Waals surface area contributed by atoms with Crippen molar-refractivity contribution in [3.05, 3.63) is 84.5 Å². The average molecular weight is 375 g/mol. The summed E-state index contributed by atoms with van der Waals surface area (Å²) in [6.45, 7) is 7.13. The van der Waals surface area contributed by atoms with Gasteiger partial charge in [-0.3, -0.25) is 0 Å². The highest BCUT2D eigenvalue weighted by atomic mass is 16.5. The quantitative estimate of drug-likeness (QED) is 0.323. The lowest BCUT2D eigenvalue weighted by molar-refractivity contribution is 0.149. The maximum atomic E-state index is 5.51. The Labute approximate surface area is 171 Å². The van der Waals surface area contributed by atoms with Gasteiger partial charge >= 0.3 is 0 Å². The third kappa shape index (κ3) is 5.94. The van der Waals surface area contributed by atoms with Crippen molar-refractivity contribution in [2.75, 3.05) is 6.61 Å². The first-order chi connectivity index (χ1) is 13.8. The second-order valence-corrected chi connectivity index (χ2v) is 7.96. The number of benzene rings is 2. The predicted octanol–water partition coefficient (Wildman–Crippen LogP) is 7.69. The van der Waals surface area contributed by atoms with E-state index < -0.39 is 0 Å². The molecule has 0 bridgehead atoms. The number of ether oxygens (including phenoxy) is 1. The van der Waals surface area contributed by atoms with Crippen LogP contribution in [0.4, 0.5) is 0 Å². The molecule has 3 rings (SSSR count). The standard InChI is InChI=1S/C27H34O/c1-3-5-6-7-22-8-12-24(13-9-22)26-16-18-27(19-17-26)25-14-10-23(11-15-25)21-28-20-4-2/h4-6,10-11,14-19,22,24H,2-3,7-9,12-13,20-21H2,1H3/b6-5+/t22-,24-. The van der Waals surface area contributed by atoms with Gasteiger partial charge in [-0.2, -0.15) is 0 Å². The molecule has 2 aromatic rings. The molecule has 1 heteroatoms. The summed E-state index contributed by atoms with van der Waals surface area (Å²) < 4.78 is 5.51. The van der Waals surface area contributed by atoms with E-state index in [0.717, 1.165) is 18.3 Å². The second-order valence-electron chi connectivity index (χ2n) is 7.96. The molecule has 1 aliphatic rings. The van der Waals surface area contributed by atoms with Gasteiger partial charge in [-0.15, -0.1) is 6.58 Å². The number of allylic oxidation sites excluding steroid dienone is 2. The molecule has 0 aliphatic heterocycles. The van der Waals surface area contributed by atoms with E-state index in [9.17, 15) is 0 Å². The summed E-state index contributed by atoms with van der Waals surface area (Å²) in [4.78, 5) is 0. The molecule has 0 atom stereocenters. The van der Waals surface area contributed by atoms with E-state index in [1.165, 1.54) is 54.4 Å². The molecule has 0 spiro atoms. The van der Waals surface area contributed by atoms with Crippen molar-refractivity contribution < 1.29 is 4.74 Å². The summed E-state index contributed by atoms with van der Waals surface area (Å²) in [6, 6.07) is 18.0. The van der Waals surface area contributed by atoms with Crippen molar-refractivity contribution in [1.29, 1.82) is 0 Å². The molecule has 0 unspecified atom stereocenters. The van der Waals surface area contributed by atoms with Gasteiger partial charge in [-0.1, -0.05) is 73.7 Å². The smallest absolute Gasteiger partial charge is 0.0721 e. The van der Waals surface area contributed by atoms with E-state index in [4.69, 9.17) is 4.74 Å². The normalized spacial score (nSPS) is 19.8. The highest BCUT2D eigenvalue weighted by Crippen LogP contribution is 2.37. The van der Waals surface area contributed by atoms with Gasteiger partial charge in [0.15, 0.2) is 0 Å². The summed E-state index contributed by atoms with van der Waals surface area (Å²) in [5.41, 5.74) is 5.28. The molecule has 0 aromatic heterocycles. The summed E-state index contributed by atoms with van der Waals surface area (Å²) in [5, 5.41) is 0.